The minimum atomic E-state index is -0.206. The molecule has 0 aliphatic carbocycles. The molecule has 10 heteroatoms. The number of anilines is 1. The number of amides is 1. The molecular formula is C15H16N6O2S2. The lowest BCUT2D eigenvalue weighted by Gasteiger charge is -2.12. The Kier molecular flexibility index (Phi) is 5.09. The van der Waals surface area contributed by atoms with Crippen LogP contribution in [0.15, 0.2) is 34.2 Å². The average molecular weight is 376 g/mol. The van der Waals surface area contributed by atoms with Gasteiger partial charge in [0.1, 0.15) is 5.01 Å². The van der Waals surface area contributed by atoms with E-state index in [4.69, 9.17) is 4.42 Å². The molecule has 8 nitrogen and oxygen atoms in total. The van der Waals surface area contributed by atoms with Crippen molar-refractivity contribution in [3.05, 3.63) is 29.5 Å². The third-order valence-corrected chi connectivity index (χ3v) is 5.04. The smallest absolute Gasteiger partial charge is 0.277 e. The molecule has 0 bridgehead atoms. The zero-order valence-electron chi connectivity index (χ0n) is 13.9. The van der Waals surface area contributed by atoms with Crippen molar-refractivity contribution in [3.8, 4) is 11.5 Å². The standard InChI is InChI=1S/C15H16N6O2S2/c1-15(2,3)12-19-20-13(25-12)17-10(22)8-24-14-21-18-11(23-14)9-5-4-6-16-7-9/h4-7H,8H2,1-3H3,(H,17,20,22). The third-order valence-electron chi connectivity index (χ3n) is 2.95. The first kappa shape index (κ1) is 17.5. The van der Waals surface area contributed by atoms with E-state index in [-0.39, 0.29) is 17.1 Å². The number of carbonyl (C=O) groups is 1. The van der Waals surface area contributed by atoms with E-state index in [1.807, 2.05) is 26.8 Å². The Balaban J connectivity index is 1.54. The molecule has 0 aliphatic heterocycles. The van der Waals surface area contributed by atoms with Gasteiger partial charge in [-0.1, -0.05) is 43.9 Å². The summed E-state index contributed by atoms with van der Waals surface area (Å²) < 4.78 is 5.51. The van der Waals surface area contributed by atoms with Gasteiger partial charge in [-0.3, -0.25) is 15.1 Å². The van der Waals surface area contributed by atoms with Gasteiger partial charge in [0.05, 0.1) is 11.3 Å². The zero-order chi connectivity index (χ0) is 17.9. The molecule has 0 aliphatic rings. The summed E-state index contributed by atoms with van der Waals surface area (Å²) in [5.74, 6) is 0.303. The van der Waals surface area contributed by atoms with Crippen molar-refractivity contribution in [2.24, 2.45) is 0 Å². The van der Waals surface area contributed by atoms with E-state index in [0.29, 0.717) is 16.2 Å². The molecular weight excluding hydrogens is 360 g/mol. The van der Waals surface area contributed by atoms with Crippen molar-refractivity contribution in [2.45, 2.75) is 31.4 Å². The van der Waals surface area contributed by atoms with Crippen LogP contribution >= 0.6 is 23.1 Å². The molecule has 3 heterocycles. The van der Waals surface area contributed by atoms with Gasteiger partial charge < -0.3 is 4.42 Å². The van der Waals surface area contributed by atoms with Crippen LogP contribution in [0.3, 0.4) is 0 Å². The van der Waals surface area contributed by atoms with E-state index in [1.165, 1.54) is 11.3 Å². The minimum Gasteiger partial charge on any atom is -0.411 e. The second kappa shape index (κ2) is 7.28. The second-order valence-corrected chi connectivity index (χ2v) is 8.02. The van der Waals surface area contributed by atoms with Gasteiger partial charge in [0, 0.05) is 17.8 Å². The maximum Gasteiger partial charge on any atom is 0.277 e. The summed E-state index contributed by atoms with van der Waals surface area (Å²) in [5, 5.41) is 20.4. The predicted molar refractivity (Wildman–Crippen MR) is 95.5 cm³/mol. The molecule has 3 aromatic rings. The summed E-state index contributed by atoms with van der Waals surface area (Å²) in [6.45, 7) is 6.14. The van der Waals surface area contributed by atoms with Crippen LogP contribution in [-0.2, 0) is 10.2 Å². The van der Waals surface area contributed by atoms with Gasteiger partial charge in [-0.15, -0.1) is 20.4 Å². The van der Waals surface area contributed by atoms with Crippen LogP contribution in [0.1, 0.15) is 25.8 Å². The summed E-state index contributed by atoms with van der Waals surface area (Å²) >= 11 is 2.53. The zero-order valence-corrected chi connectivity index (χ0v) is 15.5. The van der Waals surface area contributed by atoms with Crippen molar-refractivity contribution in [1.29, 1.82) is 0 Å². The lowest BCUT2D eigenvalue weighted by molar-refractivity contribution is -0.113. The summed E-state index contributed by atoms with van der Waals surface area (Å²) in [5.41, 5.74) is 0.636. The topological polar surface area (TPSA) is 107 Å². The minimum absolute atomic E-state index is 0.0954. The van der Waals surface area contributed by atoms with Gasteiger partial charge >= 0.3 is 0 Å². The van der Waals surface area contributed by atoms with E-state index < -0.39 is 0 Å². The van der Waals surface area contributed by atoms with Gasteiger partial charge in [-0.05, 0) is 12.1 Å². The van der Waals surface area contributed by atoms with Crippen molar-refractivity contribution >= 4 is 34.1 Å². The maximum absolute atomic E-state index is 12.0. The van der Waals surface area contributed by atoms with Gasteiger partial charge in [-0.25, -0.2) is 0 Å². The molecule has 0 fully saturated rings. The molecule has 0 aromatic carbocycles. The first-order valence-corrected chi connectivity index (χ1v) is 9.22. The molecule has 1 amide bonds. The van der Waals surface area contributed by atoms with E-state index in [1.54, 1.807) is 18.5 Å². The molecule has 0 spiro atoms. The summed E-state index contributed by atoms with van der Waals surface area (Å²) in [6, 6.07) is 3.61. The number of aromatic nitrogens is 5. The molecule has 0 radical (unpaired) electrons. The highest BCUT2D eigenvalue weighted by molar-refractivity contribution is 7.99. The Labute approximate surface area is 152 Å². The highest BCUT2D eigenvalue weighted by Crippen LogP contribution is 2.28. The molecule has 0 saturated carbocycles. The molecule has 25 heavy (non-hydrogen) atoms. The Hall–Kier alpha value is -2.33. The van der Waals surface area contributed by atoms with Crippen LogP contribution in [0.2, 0.25) is 0 Å². The van der Waals surface area contributed by atoms with Crippen molar-refractivity contribution in [3.63, 3.8) is 0 Å². The number of hydrogen-bond donors (Lipinski definition) is 1. The number of nitrogens with zero attached hydrogens (tertiary/aromatic N) is 5. The molecule has 130 valence electrons. The quantitative estimate of drug-likeness (QED) is 0.677. The van der Waals surface area contributed by atoms with Gasteiger partial charge in [0.2, 0.25) is 16.9 Å². The predicted octanol–water partition coefficient (Wildman–Crippen LogP) is 3.01. The fourth-order valence-electron chi connectivity index (χ4n) is 1.73. The summed E-state index contributed by atoms with van der Waals surface area (Å²) in [6.07, 6.45) is 3.30. The number of rotatable bonds is 5. The Morgan fingerprint density at radius 2 is 2.12 bits per heavy atom. The fraction of sp³-hybridized carbons (Fsp3) is 0.333. The third kappa shape index (κ3) is 4.60. The van der Waals surface area contributed by atoms with E-state index in [2.05, 4.69) is 30.7 Å². The van der Waals surface area contributed by atoms with Crippen LogP contribution in [0, 0.1) is 0 Å². The number of hydrogen-bond acceptors (Lipinski definition) is 9. The highest BCUT2D eigenvalue weighted by atomic mass is 32.2. The number of thioether (sulfide) groups is 1. The van der Waals surface area contributed by atoms with E-state index in [0.717, 1.165) is 22.3 Å². The lowest BCUT2D eigenvalue weighted by Crippen LogP contribution is -2.13. The van der Waals surface area contributed by atoms with Crippen molar-refractivity contribution in [1.82, 2.24) is 25.4 Å². The van der Waals surface area contributed by atoms with Crippen LogP contribution in [-0.4, -0.2) is 37.0 Å². The average Bonchev–Trinajstić information content (AvgIpc) is 3.23. The summed E-state index contributed by atoms with van der Waals surface area (Å²) in [7, 11) is 0. The Morgan fingerprint density at radius 3 is 2.80 bits per heavy atom. The van der Waals surface area contributed by atoms with Crippen LogP contribution in [0.5, 0.6) is 0 Å². The molecule has 0 unspecified atom stereocenters. The SMILES string of the molecule is CC(C)(C)c1nnc(NC(=O)CSc2nnc(-c3cccnc3)o2)s1. The molecule has 0 atom stereocenters. The largest absolute Gasteiger partial charge is 0.411 e. The van der Waals surface area contributed by atoms with Gasteiger partial charge in [-0.2, -0.15) is 0 Å². The summed E-state index contributed by atoms with van der Waals surface area (Å²) in [4.78, 5) is 16.0. The highest BCUT2D eigenvalue weighted by Gasteiger charge is 2.20. The number of nitrogens with one attached hydrogen (secondary N) is 1. The van der Waals surface area contributed by atoms with E-state index in [9.17, 15) is 4.79 Å². The maximum atomic E-state index is 12.0. The van der Waals surface area contributed by atoms with Crippen LogP contribution in [0.25, 0.3) is 11.5 Å². The fourth-order valence-corrected chi connectivity index (χ4v) is 3.11. The Morgan fingerprint density at radius 1 is 1.28 bits per heavy atom. The van der Waals surface area contributed by atoms with Crippen LogP contribution < -0.4 is 5.32 Å². The monoisotopic (exact) mass is 376 g/mol. The van der Waals surface area contributed by atoms with Crippen LogP contribution in [0.4, 0.5) is 5.13 Å². The van der Waals surface area contributed by atoms with Crippen molar-refractivity contribution < 1.29 is 9.21 Å². The normalized spacial score (nSPS) is 11.5. The first-order valence-electron chi connectivity index (χ1n) is 7.42. The molecule has 3 aromatic heterocycles. The molecule has 1 N–H and O–H groups in total. The molecule has 0 saturated heterocycles. The van der Waals surface area contributed by atoms with Crippen molar-refractivity contribution in [2.75, 3.05) is 11.1 Å². The number of carbonyl (C=O) groups excluding carboxylic acids is 1. The lowest BCUT2D eigenvalue weighted by atomic mass is 9.98. The first-order chi connectivity index (χ1) is 11.9. The molecule has 3 rings (SSSR count). The van der Waals surface area contributed by atoms with E-state index >= 15 is 0 Å². The van der Waals surface area contributed by atoms with Gasteiger partial charge in [0.15, 0.2) is 0 Å². The Bertz CT molecular complexity index is 856. The number of pyridine rings is 1. The second-order valence-electron chi connectivity index (χ2n) is 6.11. The van der Waals surface area contributed by atoms with Gasteiger partial charge in [0.25, 0.3) is 5.22 Å².